The molecule has 2 rings (SSSR count). The number of hydrogen-bond acceptors (Lipinski definition) is 8. The Bertz CT molecular complexity index is 1080. The Balaban J connectivity index is 2.22. The SMILES string of the molecule is COc1ccc(C)cc1N(CC(=O)N/N=C\c1cc(OC)c(OC)c(OC)c1)S(C)(=O)=O. The summed E-state index contributed by atoms with van der Waals surface area (Å²) in [6.45, 7) is 1.33. The second-order valence-electron chi connectivity index (χ2n) is 6.70. The third-order valence-electron chi connectivity index (χ3n) is 4.38. The van der Waals surface area contributed by atoms with Crippen molar-refractivity contribution in [3.05, 3.63) is 41.5 Å². The van der Waals surface area contributed by atoms with Gasteiger partial charge >= 0.3 is 0 Å². The van der Waals surface area contributed by atoms with Crippen molar-refractivity contribution in [1.82, 2.24) is 5.43 Å². The number of carbonyl (C=O) groups excluding carboxylic acids is 1. The third-order valence-corrected chi connectivity index (χ3v) is 5.51. The van der Waals surface area contributed by atoms with Crippen LogP contribution in [0.1, 0.15) is 11.1 Å². The standard InChI is InChI=1S/C21H27N3O7S/c1-14-7-8-17(28-2)16(9-14)24(32(6,26)27)13-20(25)23-22-12-15-10-18(29-3)21(31-5)19(11-15)30-4/h7-12H,13H2,1-6H3,(H,23,25)/b22-12-. The van der Waals surface area contributed by atoms with Crippen LogP contribution in [0.15, 0.2) is 35.4 Å². The van der Waals surface area contributed by atoms with Gasteiger partial charge in [-0.2, -0.15) is 5.10 Å². The third kappa shape index (κ3) is 6.03. The lowest BCUT2D eigenvalue weighted by atomic mass is 10.2. The second-order valence-corrected chi connectivity index (χ2v) is 8.60. The molecule has 0 bridgehead atoms. The van der Waals surface area contributed by atoms with Crippen LogP contribution in [-0.4, -0.2) is 61.8 Å². The lowest BCUT2D eigenvalue weighted by molar-refractivity contribution is -0.119. The van der Waals surface area contributed by atoms with Crippen molar-refractivity contribution >= 4 is 27.8 Å². The minimum absolute atomic E-state index is 0.263. The lowest BCUT2D eigenvalue weighted by Crippen LogP contribution is -2.39. The van der Waals surface area contributed by atoms with Gasteiger partial charge in [0.2, 0.25) is 15.8 Å². The maximum Gasteiger partial charge on any atom is 0.260 e. The van der Waals surface area contributed by atoms with Gasteiger partial charge in [0.25, 0.3) is 5.91 Å². The molecular weight excluding hydrogens is 438 g/mol. The lowest BCUT2D eigenvalue weighted by Gasteiger charge is -2.23. The number of carbonyl (C=O) groups is 1. The van der Waals surface area contributed by atoms with Crippen LogP contribution in [0.3, 0.4) is 0 Å². The minimum Gasteiger partial charge on any atom is -0.495 e. The maximum atomic E-state index is 12.5. The molecule has 0 fully saturated rings. The van der Waals surface area contributed by atoms with Crippen molar-refractivity contribution in [2.75, 3.05) is 45.5 Å². The second kappa shape index (κ2) is 10.7. The summed E-state index contributed by atoms with van der Waals surface area (Å²) >= 11 is 0. The number of hydrogen-bond donors (Lipinski definition) is 1. The molecule has 0 unspecified atom stereocenters. The number of aryl methyl sites for hydroxylation is 1. The van der Waals surface area contributed by atoms with E-state index in [2.05, 4.69) is 10.5 Å². The zero-order valence-electron chi connectivity index (χ0n) is 18.8. The Kier molecular flexibility index (Phi) is 8.30. The highest BCUT2D eigenvalue weighted by Gasteiger charge is 2.24. The Morgan fingerprint density at radius 2 is 1.59 bits per heavy atom. The smallest absolute Gasteiger partial charge is 0.260 e. The van der Waals surface area contributed by atoms with Crippen LogP contribution in [0.5, 0.6) is 23.0 Å². The van der Waals surface area contributed by atoms with E-state index in [1.165, 1.54) is 34.7 Å². The molecule has 0 atom stereocenters. The van der Waals surface area contributed by atoms with E-state index in [4.69, 9.17) is 18.9 Å². The molecule has 2 aromatic rings. The summed E-state index contributed by atoms with van der Waals surface area (Å²) in [6.07, 6.45) is 2.39. The largest absolute Gasteiger partial charge is 0.495 e. The number of benzene rings is 2. The number of anilines is 1. The first kappa shape index (κ1) is 24.8. The molecule has 1 N–H and O–H groups in total. The Morgan fingerprint density at radius 1 is 1.00 bits per heavy atom. The summed E-state index contributed by atoms with van der Waals surface area (Å²) in [7, 11) is 2.12. The summed E-state index contributed by atoms with van der Waals surface area (Å²) in [5, 5.41) is 3.91. The van der Waals surface area contributed by atoms with E-state index >= 15 is 0 Å². The number of hydrazone groups is 1. The van der Waals surface area contributed by atoms with Crippen LogP contribution in [0.4, 0.5) is 5.69 Å². The fourth-order valence-corrected chi connectivity index (χ4v) is 3.75. The van der Waals surface area contributed by atoms with Crippen LogP contribution in [0, 0.1) is 6.92 Å². The molecule has 174 valence electrons. The van der Waals surface area contributed by atoms with Crippen LogP contribution in [0.2, 0.25) is 0 Å². The highest BCUT2D eigenvalue weighted by molar-refractivity contribution is 7.92. The number of nitrogens with one attached hydrogen (secondary N) is 1. The molecular formula is C21H27N3O7S. The molecule has 11 heteroatoms. The molecule has 0 saturated heterocycles. The molecule has 0 aliphatic rings. The van der Waals surface area contributed by atoms with Gasteiger partial charge in [-0.05, 0) is 36.8 Å². The quantitative estimate of drug-likeness (QED) is 0.421. The molecule has 2 aromatic carbocycles. The molecule has 1 amide bonds. The van der Waals surface area contributed by atoms with Crippen molar-refractivity contribution in [3.8, 4) is 23.0 Å². The zero-order chi connectivity index (χ0) is 23.9. The Morgan fingerprint density at radius 3 is 2.09 bits per heavy atom. The highest BCUT2D eigenvalue weighted by Crippen LogP contribution is 2.37. The van der Waals surface area contributed by atoms with Gasteiger partial charge in [0.05, 0.1) is 46.6 Å². The van der Waals surface area contributed by atoms with Crippen LogP contribution in [-0.2, 0) is 14.8 Å². The topological polar surface area (TPSA) is 116 Å². The number of ether oxygens (including phenoxy) is 4. The first-order valence-corrected chi connectivity index (χ1v) is 11.2. The summed E-state index contributed by atoms with van der Waals surface area (Å²) < 4.78 is 46.8. The van der Waals surface area contributed by atoms with Gasteiger partial charge in [-0.25, -0.2) is 13.8 Å². The van der Waals surface area contributed by atoms with Gasteiger partial charge in [0.1, 0.15) is 12.3 Å². The van der Waals surface area contributed by atoms with Gasteiger partial charge in [-0.1, -0.05) is 6.07 Å². The van der Waals surface area contributed by atoms with Crippen molar-refractivity contribution in [3.63, 3.8) is 0 Å². The molecule has 0 aliphatic heterocycles. The summed E-state index contributed by atoms with van der Waals surface area (Å²) in [5.41, 5.74) is 3.98. The number of amides is 1. The molecule has 0 spiro atoms. The summed E-state index contributed by atoms with van der Waals surface area (Å²) in [5.74, 6) is 0.966. The molecule has 0 radical (unpaired) electrons. The first-order valence-electron chi connectivity index (χ1n) is 9.38. The molecule has 0 aromatic heterocycles. The summed E-state index contributed by atoms with van der Waals surface area (Å²) in [4.78, 5) is 12.5. The number of rotatable bonds is 10. The Labute approximate surface area is 187 Å². The summed E-state index contributed by atoms with van der Waals surface area (Å²) in [6, 6.07) is 8.36. The predicted octanol–water partition coefficient (Wildman–Crippen LogP) is 1.95. The van der Waals surface area contributed by atoms with E-state index in [1.807, 2.05) is 6.92 Å². The van der Waals surface area contributed by atoms with E-state index in [0.29, 0.717) is 28.6 Å². The van der Waals surface area contributed by atoms with Crippen molar-refractivity contribution < 1.29 is 32.2 Å². The van der Waals surface area contributed by atoms with Gasteiger partial charge in [0.15, 0.2) is 11.5 Å². The van der Waals surface area contributed by atoms with Gasteiger partial charge in [0, 0.05) is 5.56 Å². The van der Waals surface area contributed by atoms with Gasteiger partial charge in [-0.15, -0.1) is 0 Å². The van der Waals surface area contributed by atoms with Gasteiger partial charge < -0.3 is 18.9 Å². The van der Waals surface area contributed by atoms with Crippen molar-refractivity contribution in [2.45, 2.75) is 6.92 Å². The van der Waals surface area contributed by atoms with Gasteiger partial charge in [-0.3, -0.25) is 9.10 Å². The van der Waals surface area contributed by atoms with Crippen molar-refractivity contribution in [1.29, 1.82) is 0 Å². The number of methoxy groups -OCH3 is 4. The Hall–Kier alpha value is -3.47. The van der Waals surface area contributed by atoms with E-state index in [1.54, 1.807) is 30.3 Å². The molecule has 32 heavy (non-hydrogen) atoms. The predicted molar refractivity (Wildman–Crippen MR) is 122 cm³/mol. The molecule has 10 nitrogen and oxygen atoms in total. The van der Waals surface area contributed by atoms with E-state index in [-0.39, 0.29) is 5.69 Å². The van der Waals surface area contributed by atoms with Crippen LogP contribution >= 0.6 is 0 Å². The minimum atomic E-state index is -3.77. The van der Waals surface area contributed by atoms with Crippen LogP contribution < -0.4 is 28.7 Å². The fourth-order valence-electron chi connectivity index (χ4n) is 2.90. The molecule has 0 aliphatic carbocycles. The molecule has 0 saturated carbocycles. The number of nitrogens with zero attached hydrogens (tertiary/aromatic N) is 2. The monoisotopic (exact) mass is 465 g/mol. The fraction of sp³-hybridized carbons (Fsp3) is 0.333. The average molecular weight is 466 g/mol. The van der Waals surface area contributed by atoms with E-state index in [0.717, 1.165) is 16.1 Å². The van der Waals surface area contributed by atoms with E-state index in [9.17, 15) is 13.2 Å². The highest BCUT2D eigenvalue weighted by atomic mass is 32.2. The maximum absolute atomic E-state index is 12.5. The first-order chi connectivity index (χ1) is 15.1. The average Bonchev–Trinajstić information content (AvgIpc) is 2.75. The van der Waals surface area contributed by atoms with E-state index < -0.39 is 22.5 Å². The zero-order valence-corrected chi connectivity index (χ0v) is 19.6. The number of sulfonamides is 1. The van der Waals surface area contributed by atoms with Crippen molar-refractivity contribution in [2.24, 2.45) is 5.10 Å². The normalized spacial score (nSPS) is 11.2. The van der Waals surface area contributed by atoms with Crippen LogP contribution in [0.25, 0.3) is 0 Å². The molecule has 0 heterocycles.